The summed E-state index contributed by atoms with van der Waals surface area (Å²) in [4.78, 5) is 0. The number of thioether (sulfide) groups is 1. The minimum atomic E-state index is -0.245. The van der Waals surface area contributed by atoms with Crippen LogP contribution < -0.4 is 5.73 Å². The molecule has 0 aliphatic carbocycles. The van der Waals surface area contributed by atoms with Gasteiger partial charge in [-0.15, -0.1) is 0 Å². The largest absolute Gasteiger partial charge is 0.391 e. The van der Waals surface area contributed by atoms with Crippen LogP contribution in [0.5, 0.6) is 0 Å². The fourth-order valence-corrected chi connectivity index (χ4v) is 1.68. The highest BCUT2D eigenvalue weighted by Crippen LogP contribution is 2.15. The van der Waals surface area contributed by atoms with Crippen LogP contribution in [-0.4, -0.2) is 28.8 Å². The zero-order valence-electron chi connectivity index (χ0n) is 4.00. The maximum Gasteiger partial charge on any atom is 0.0789 e. The van der Waals surface area contributed by atoms with E-state index in [0.29, 0.717) is 0 Å². The minimum absolute atomic E-state index is 0.0324. The van der Waals surface area contributed by atoms with Gasteiger partial charge in [0.15, 0.2) is 0 Å². The highest BCUT2D eigenvalue weighted by molar-refractivity contribution is 7.99. The molecule has 0 bridgehead atoms. The molecule has 3 N–H and O–H groups in total. The number of hydrogen-bond acceptors (Lipinski definition) is 3. The van der Waals surface area contributed by atoms with Crippen molar-refractivity contribution >= 4 is 11.8 Å². The van der Waals surface area contributed by atoms with Crippen LogP contribution in [-0.2, 0) is 0 Å². The molecular formula is C4H9NOS. The van der Waals surface area contributed by atoms with E-state index in [4.69, 9.17) is 10.8 Å². The normalized spacial score (nSPS) is 42.0. The zero-order chi connectivity index (χ0) is 5.28. The molecule has 1 aliphatic heterocycles. The second-order valence-corrected chi connectivity index (χ2v) is 2.84. The van der Waals surface area contributed by atoms with E-state index >= 15 is 0 Å². The van der Waals surface area contributed by atoms with Crippen LogP contribution in [0.3, 0.4) is 0 Å². The lowest BCUT2D eigenvalue weighted by atomic mass is 10.2. The molecule has 0 amide bonds. The van der Waals surface area contributed by atoms with Crippen LogP contribution in [0.4, 0.5) is 0 Å². The van der Waals surface area contributed by atoms with Crippen molar-refractivity contribution in [2.45, 2.75) is 12.1 Å². The van der Waals surface area contributed by atoms with E-state index in [1.165, 1.54) is 0 Å². The van der Waals surface area contributed by atoms with Crippen LogP contribution in [0.15, 0.2) is 0 Å². The molecule has 2 atom stereocenters. The second-order valence-electron chi connectivity index (χ2n) is 1.77. The number of aliphatic hydroxyl groups is 1. The summed E-state index contributed by atoms with van der Waals surface area (Å²) in [5, 5.41) is 8.85. The summed E-state index contributed by atoms with van der Waals surface area (Å²) < 4.78 is 0. The van der Waals surface area contributed by atoms with E-state index in [9.17, 15) is 0 Å². The Balaban J connectivity index is 2.33. The Bertz CT molecular complexity index is 60.7. The highest BCUT2D eigenvalue weighted by atomic mass is 32.2. The smallest absolute Gasteiger partial charge is 0.0789 e. The lowest BCUT2D eigenvalue weighted by Gasteiger charge is -2.03. The van der Waals surface area contributed by atoms with Gasteiger partial charge >= 0.3 is 0 Å². The first-order valence-electron chi connectivity index (χ1n) is 2.32. The van der Waals surface area contributed by atoms with Crippen LogP contribution in [0, 0.1) is 0 Å². The first-order chi connectivity index (χ1) is 3.30. The summed E-state index contributed by atoms with van der Waals surface area (Å²) in [7, 11) is 0. The summed E-state index contributed by atoms with van der Waals surface area (Å²) in [6.07, 6.45) is -0.245. The Morgan fingerprint density at radius 3 is 2.43 bits per heavy atom. The van der Waals surface area contributed by atoms with Crippen molar-refractivity contribution in [3.05, 3.63) is 0 Å². The summed E-state index contributed by atoms with van der Waals surface area (Å²) in [5.74, 6) is 1.74. The van der Waals surface area contributed by atoms with Gasteiger partial charge in [0, 0.05) is 17.5 Å². The molecular weight excluding hydrogens is 110 g/mol. The number of hydrogen-bond donors (Lipinski definition) is 2. The average Bonchev–Trinajstić information content (AvgIpc) is 1.91. The van der Waals surface area contributed by atoms with Crippen LogP contribution >= 0.6 is 11.8 Å². The second kappa shape index (κ2) is 2.03. The monoisotopic (exact) mass is 119 g/mol. The molecule has 7 heavy (non-hydrogen) atoms. The molecule has 0 aromatic heterocycles. The van der Waals surface area contributed by atoms with E-state index in [-0.39, 0.29) is 12.1 Å². The van der Waals surface area contributed by atoms with E-state index < -0.39 is 0 Å². The molecule has 0 saturated carbocycles. The molecule has 1 saturated heterocycles. The maximum atomic E-state index is 8.85. The summed E-state index contributed by atoms with van der Waals surface area (Å²) >= 11 is 1.72. The fraction of sp³-hybridized carbons (Fsp3) is 1.00. The van der Waals surface area contributed by atoms with Gasteiger partial charge in [-0.25, -0.2) is 0 Å². The lowest BCUT2D eigenvalue weighted by molar-refractivity contribution is 0.183. The highest BCUT2D eigenvalue weighted by Gasteiger charge is 2.20. The average molecular weight is 119 g/mol. The van der Waals surface area contributed by atoms with Gasteiger partial charge in [0.1, 0.15) is 0 Å². The maximum absolute atomic E-state index is 8.85. The quantitative estimate of drug-likeness (QED) is 0.448. The molecule has 1 aliphatic rings. The molecule has 0 aromatic carbocycles. The molecule has 0 radical (unpaired) electrons. The van der Waals surface area contributed by atoms with Crippen molar-refractivity contribution in [2.75, 3.05) is 11.5 Å². The standard InChI is InChI=1S/C4H9NOS/c5-3-1-7-2-4(3)6/h3-4,6H,1-2,5H2. The van der Waals surface area contributed by atoms with Crippen molar-refractivity contribution in [1.82, 2.24) is 0 Å². The Kier molecular flexibility index (Phi) is 1.57. The van der Waals surface area contributed by atoms with Crippen LogP contribution in [0.1, 0.15) is 0 Å². The topological polar surface area (TPSA) is 46.2 Å². The first-order valence-corrected chi connectivity index (χ1v) is 3.47. The predicted molar refractivity (Wildman–Crippen MR) is 31.3 cm³/mol. The van der Waals surface area contributed by atoms with Crippen molar-refractivity contribution in [3.63, 3.8) is 0 Å². The van der Waals surface area contributed by atoms with Gasteiger partial charge in [-0.3, -0.25) is 0 Å². The summed E-state index contributed by atoms with van der Waals surface area (Å²) in [5.41, 5.74) is 5.41. The van der Waals surface area contributed by atoms with Crippen molar-refractivity contribution < 1.29 is 5.11 Å². The van der Waals surface area contributed by atoms with Gasteiger partial charge in [-0.1, -0.05) is 0 Å². The van der Waals surface area contributed by atoms with E-state index in [1.54, 1.807) is 11.8 Å². The molecule has 3 heteroatoms. The number of aliphatic hydroxyl groups excluding tert-OH is 1. The van der Waals surface area contributed by atoms with Gasteiger partial charge in [-0.05, 0) is 0 Å². The Morgan fingerprint density at radius 1 is 1.57 bits per heavy atom. The van der Waals surface area contributed by atoms with Gasteiger partial charge in [0.2, 0.25) is 0 Å². The number of nitrogens with two attached hydrogens (primary N) is 1. The summed E-state index contributed by atoms with van der Waals surface area (Å²) in [6.45, 7) is 0. The number of rotatable bonds is 0. The third-order valence-corrected chi connectivity index (χ3v) is 2.29. The van der Waals surface area contributed by atoms with Gasteiger partial charge in [0.05, 0.1) is 6.10 Å². The van der Waals surface area contributed by atoms with Crippen molar-refractivity contribution in [3.8, 4) is 0 Å². The molecule has 1 fully saturated rings. The molecule has 1 heterocycles. The fourth-order valence-electron chi connectivity index (χ4n) is 0.560. The van der Waals surface area contributed by atoms with Crippen LogP contribution in [0.2, 0.25) is 0 Å². The first kappa shape index (κ1) is 5.41. The molecule has 1 rings (SSSR count). The Morgan fingerprint density at radius 2 is 2.29 bits per heavy atom. The molecule has 2 nitrogen and oxygen atoms in total. The molecule has 0 aromatic rings. The lowest BCUT2D eigenvalue weighted by Crippen LogP contribution is -2.32. The van der Waals surface area contributed by atoms with Crippen molar-refractivity contribution in [1.29, 1.82) is 0 Å². The van der Waals surface area contributed by atoms with Crippen LogP contribution in [0.25, 0.3) is 0 Å². The van der Waals surface area contributed by atoms with Crippen molar-refractivity contribution in [2.24, 2.45) is 5.73 Å². The third kappa shape index (κ3) is 1.08. The van der Waals surface area contributed by atoms with E-state index in [2.05, 4.69) is 0 Å². The molecule has 0 spiro atoms. The molecule has 42 valence electrons. The SMILES string of the molecule is NC1CSCC1O. The Labute approximate surface area is 47.1 Å². The van der Waals surface area contributed by atoms with Gasteiger partial charge in [0.25, 0.3) is 0 Å². The van der Waals surface area contributed by atoms with Gasteiger partial charge in [-0.2, -0.15) is 11.8 Å². The van der Waals surface area contributed by atoms with Gasteiger partial charge < -0.3 is 10.8 Å². The van der Waals surface area contributed by atoms with E-state index in [0.717, 1.165) is 11.5 Å². The predicted octanol–water partition coefficient (Wildman–Crippen LogP) is -0.579. The Hall–Kier alpha value is 0.270. The zero-order valence-corrected chi connectivity index (χ0v) is 4.82. The third-order valence-electron chi connectivity index (χ3n) is 1.09. The minimum Gasteiger partial charge on any atom is -0.391 e. The van der Waals surface area contributed by atoms with E-state index in [1.807, 2.05) is 0 Å². The summed E-state index contributed by atoms with van der Waals surface area (Å²) in [6, 6.07) is 0.0324. The molecule has 2 unspecified atom stereocenters.